The highest BCUT2D eigenvalue weighted by atomic mass is 32.2. The fraction of sp³-hybridized carbons (Fsp3) is 0.733. The molecule has 3 saturated heterocycles. The second kappa shape index (κ2) is 5.90. The highest BCUT2D eigenvalue weighted by Gasteiger charge is 2.40. The van der Waals surface area contributed by atoms with E-state index in [4.69, 9.17) is 0 Å². The van der Waals surface area contributed by atoms with Crippen LogP contribution in [0.25, 0.3) is 0 Å². The Morgan fingerprint density at radius 1 is 1.30 bits per heavy atom. The zero-order chi connectivity index (χ0) is 16.8. The molecule has 0 N–H and O–H groups in total. The number of aromatic nitrogens is 2. The van der Waals surface area contributed by atoms with Gasteiger partial charge in [0.2, 0.25) is 10.0 Å². The Morgan fingerprint density at radius 3 is 2.65 bits per heavy atom. The molecule has 128 valence electrons. The highest BCUT2D eigenvalue weighted by molar-refractivity contribution is 7.88. The van der Waals surface area contributed by atoms with Gasteiger partial charge in [-0.3, -0.25) is 9.48 Å². The first kappa shape index (κ1) is 16.4. The smallest absolute Gasteiger partial charge is 0.274 e. The predicted molar refractivity (Wildman–Crippen MR) is 86.6 cm³/mol. The molecular formula is C15H24N4O3S. The van der Waals surface area contributed by atoms with Crippen molar-refractivity contribution in [1.29, 1.82) is 0 Å². The lowest BCUT2D eigenvalue weighted by atomic mass is 9.95. The summed E-state index contributed by atoms with van der Waals surface area (Å²) in [6.45, 7) is 6.19. The van der Waals surface area contributed by atoms with Gasteiger partial charge in [-0.1, -0.05) is 0 Å². The maximum atomic E-state index is 12.9. The molecule has 4 heterocycles. The number of aryl methyl sites for hydroxylation is 2. The van der Waals surface area contributed by atoms with Crippen LogP contribution in [-0.4, -0.2) is 65.2 Å². The first-order valence-corrected chi connectivity index (χ1v) is 9.95. The molecule has 0 radical (unpaired) electrons. The van der Waals surface area contributed by atoms with Crippen LogP contribution < -0.4 is 0 Å². The van der Waals surface area contributed by atoms with Crippen molar-refractivity contribution in [3.05, 3.63) is 17.5 Å². The number of hydrogen-bond donors (Lipinski definition) is 0. The zero-order valence-corrected chi connectivity index (χ0v) is 14.7. The maximum absolute atomic E-state index is 12.9. The van der Waals surface area contributed by atoms with Crippen molar-refractivity contribution in [2.24, 2.45) is 5.92 Å². The quantitative estimate of drug-likeness (QED) is 0.812. The third-order valence-corrected chi connectivity index (χ3v) is 6.15. The minimum Gasteiger partial charge on any atom is -0.333 e. The van der Waals surface area contributed by atoms with E-state index in [1.165, 1.54) is 10.6 Å². The Kier molecular flexibility index (Phi) is 4.22. The molecule has 3 aliphatic heterocycles. The number of piperidine rings is 1. The first-order valence-electron chi connectivity index (χ1n) is 8.10. The number of nitrogens with zero attached hydrogens (tertiary/aromatic N) is 4. The van der Waals surface area contributed by atoms with Gasteiger partial charge in [-0.05, 0) is 38.7 Å². The molecule has 0 saturated carbocycles. The first-order chi connectivity index (χ1) is 10.8. The van der Waals surface area contributed by atoms with E-state index in [0.29, 0.717) is 25.3 Å². The van der Waals surface area contributed by atoms with Crippen molar-refractivity contribution in [1.82, 2.24) is 19.0 Å². The van der Waals surface area contributed by atoms with Gasteiger partial charge < -0.3 is 4.90 Å². The summed E-state index contributed by atoms with van der Waals surface area (Å²) in [4.78, 5) is 14.7. The minimum absolute atomic E-state index is 0.0527. The average Bonchev–Trinajstić information content (AvgIpc) is 2.66. The second-order valence-corrected chi connectivity index (χ2v) is 8.60. The topological polar surface area (TPSA) is 75.5 Å². The molecule has 0 aromatic carbocycles. The summed E-state index contributed by atoms with van der Waals surface area (Å²) >= 11 is 0. The Hall–Kier alpha value is -1.41. The van der Waals surface area contributed by atoms with E-state index in [9.17, 15) is 13.2 Å². The van der Waals surface area contributed by atoms with Crippen LogP contribution in [0.2, 0.25) is 0 Å². The predicted octanol–water partition coefficient (Wildman–Crippen LogP) is 0.707. The second-order valence-electron chi connectivity index (χ2n) is 6.62. The third-order valence-electron chi connectivity index (χ3n) is 4.91. The normalized spacial score (nSPS) is 25.6. The Labute approximate surface area is 137 Å². The largest absolute Gasteiger partial charge is 0.333 e. The molecule has 2 atom stereocenters. The zero-order valence-electron chi connectivity index (χ0n) is 13.9. The van der Waals surface area contributed by atoms with Gasteiger partial charge in [0, 0.05) is 37.9 Å². The number of rotatable bonds is 3. The standard InChI is InChI=1S/C15H24N4O3S/c1-4-19-11(2)7-14(16-19)15(20)18-9-12-5-6-13(18)10-17(8-12)23(3,21)22/h7,12-13H,4-6,8-10H2,1-3H3/t12-,13+/m0/s1. The molecular weight excluding hydrogens is 316 g/mol. The van der Waals surface area contributed by atoms with Crippen molar-refractivity contribution >= 4 is 15.9 Å². The van der Waals surface area contributed by atoms with Crippen LogP contribution in [0.1, 0.15) is 35.9 Å². The van der Waals surface area contributed by atoms with E-state index in [0.717, 1.165) is 25.1 Å². The van der Waals surface area contributed by atoms with E-state index < -0.39 is 10.0 Å². The molecule has 0 aliphatic carbocycles. The van der Waals surface area contributed by atoms with Crippen LogP contribution in [-0.2, 0) is 16.6 Å². The summed E-state index contributed by atoms with van der Waals surface area (Å²) in [7, 11) is -3.22. The van der Waals surface area contributed by atoms with Crippen molar-refractivity contribution in [2.75, 3.05) is 25.9 Å². The van der Waals surface area contributed by atoms with E-state index in [1.807, 2.05) is 29.5 Å². The molecule has 3 aliphatic rings. The Morgan fingerprint density at radius 2 is 2.04 bits per heavy atom. The molecule has 0 spiro atoms. The SMILES string of the molecule is CCn1nc(C(=O)N2C[C@H]3CC[C@@H]2CN(S(C)(=O)=O)C3)cc1C. The minimum atomic E-state index is -3.22. The van der Waals surface area contributed by atoms with Gasteiger partial charge in [0.05, 0.1) is 6.26 Å². The molecule has 7 nitrogen and oxygen atoms in total. The third kappa shape index (κ3) is 3.14. The lowest BCUT2D eigenvalue weighted by Crippen LogP contribution is -2.47. The summed E-state index contributed by atoms with van der Waals surface area (Å²) in [5, 5.41) is 4.38. The highest BCUT2D eigenvalue weighted by Crippen LogP contribution is 2.30. The van der Waals surface area contributed by atoms with Gasteiger partial charge in [-0.15, -0.1) is 0 Å². The lowest BCUT2D eigenvalue weighted by Gasteiger charge is -2.35. The average molecular weight is 340 g/mol. The summed E-state index contributed by atoms with van der Waals surface area (Å²) < 4.78 is 27.1. The fourth-order valence-electron chi connectivity index (χ4n) is 3.64. The number of hydrogen-bond acceptors (Lipinski definition) is 4. The summed E-state index contributed by atoms with van der Waals surface area (Å²) in [6, 6.07) is 1.77. The van der Waals surface area contributed by atoms with E-state index >= 15 is 0 Å². The lowest BCUT2D eigenvalue weighted by molar-refractivity contribution is 0.0581. The van der Waals surface area contributed by atoms with Crippen LogP contribution in [0.4, 0.5) is 0 Å². The molecule has 0 unspecified atom stereocenters. The molecule has 1 aromatic heterocycles. The summed E-state index contributed by atoms with van der Waals surface area (Å²) in [6.07, 6.45) is 3.08. The van der Waals surface area contributed by atoms with Crippen molar-refractivity contribution in [3.8, 4) is 0 Å². The summed E-state index contributed by atoms with van der Waals surface area (Å²) in [5.41, 5.74) is 1.43. The van der Waals surface area contributed by atoms with Crippen LogP contribution in [0.15, 0.2) is 6.07 Å². The number of fused-ring (bicyclic) bond motifs is 4. The molecule has 1 amide bonds. The number of carbonyl (C=O) groups excluding carboxylic acids is 1. The van der Waals surface area contributed by atoms with Gasteiger partial charge >= 0.3 is 0 Å². The van der Waals surface area contributed by atoms with E-state index in [-0.39, 0.29) is 17.9 Å². The van der Waals surface area contributed by atoms with Crippen molar-refractivity contribution < 1.29 is 13.2 Å². The van der Waals surface area contributed by atoms with Crippen molar-refractivity contribution in [2.45, 2.75) is 39.3 Å². The van der Waals surface area contributed by atoms with Gasteiger partial charge in [0.1, 0.15) is 0 Å². The van der Waals surface area contributed by atoms with Crippen LogP contribution in [0, 0.1) is 12.8 Å². The summed E-state index contributed by atoms with van der Waals surface area (Å²) in [5.74, 6) is 0.132. The Bertz CT molecular complexity index is 712. The Balaban J connectivity index is 1.84. The van der Waals surface area contributed by atoms with Crippen LogP contribution >= 0.6 is 0 Å². The molecule has 3 fully saturated rings. The number of sulfonamides is 1. The molecule has 1 aromatic rings. The molecule has 4 rings (SSSR count). The van der Waals surface area contributed by atoms with Crippen LogP contribution in [0.3, 0.4) is 0 Å². The molecule has 2 bridgehead atoms. The number of carbonyl (C=O) groups is 1. The number of amides is 1. The van der Waals surface area contributed by atoms with Gasteiger partial charge in [0.15, 0.2) is 5.69 Å². The van der Waals surface area contributed by atoms with Crippen LogP contribution in [0.5, 0.6) is 0 Å². The van der Waals surface area contributed by atoms with E-state index in [2.05, 4.69) is 5.10 Å². The van der Waals surface area contributed by atoms with Gasteiger partial charge in [-0.25, -0.2) is 8.42 Å². The molecule has 8 heteroatoms. The monoisotopic (exact) mass is 340 g/mol. The van der Waals surface area contributed by atoms with Crippen molar-refractivity contribution in [3.63, 3.8) is 0 Å². The maximum Gasteiger partial charge on any atom is 0.274 e. The molecule has 23 heavy (non-hydrogen) atoms. The van der Waals surface area contributed by atoms with E-state index in [1.54, 1.807) is 0 Å². The van der Waals surface area contributed by atoms with Gasteiger partial charge in [-0.2, -0.15) is 9.40 Å². The van der Waals surface area contributed by atoms with Gasteiger partial charge in [0.25, 0.3) is 5.91 Å². The fourth-order valence-corrected chi connectivity index (χ4v) is 4.56.